The molecule has 0 spiro atoms. The van der Waals surface area contributed by atoms with Crippen molar-refractivity contribution >= 4 is 16.1 Å². The number of carbonyl (C=O) groups excluding carboxylic acids is 1. The maximum Gasteiger partial charge on any atom is 0.281 e. The summed E-state index contributed by atoms with van der Waals surface area (Å²) in [7, 11) is -0.454. The van der Waals surface area contributed by atoms with Crippen LogP contribution in [0.4, 0.5) is 0 Å². The van der Waals surface area contributed by atoms with Gasteiger partial charge in [0.05, 0.1) is 5.92 Å². The summed E-state index contributed by atoms with van der Waals surface area (Å²) in [6.45, 7) is 1.11. The number of rotatable bonds is 5. The molecule has 0 aliphatic carbocycles. The van der Waals surface area contributed by atoms with Crippen molar-refractivity contribution in [3.05, 3.63) is 30.1 Å². The summed E-state index contributed by atoms with van der Waals surface area (Å²) in [5.74, 6) is -0.414. The predicted octanol–water partition coefficient (Wildman–Crippen LogP) is 0.216. The molecule has 1 atom stereocenters. The van der Waals surface area contributed by atoms with Crippen LogP contribution in [0, 0.1) is 5.92 Å². The first-order valence-corrected chi connectivity index (χ1v) is 8.65. The smallest absolute Gasteiger partial charge is 0.281 e. The first-order valence-electron chi connectivity index (χ1n) is 7.25. The first kappa shape index (κ1) is 16.9. The molecule has 1 aliphatic heterocycles. The summed E-state index contributed by atoms with van der Waals surface area (Å²) in [6, 6.07) is 3.70. The quantitative estimate of drug-likeness (QED) is 0.839. The molecule has 1 aromatic rings. The van der Waals surface area contributed by atoms with Gasteiger partial charge in [0.15, 0.2) is 0 Å². The molecule has 1 fully saturated rings. The van der Waals surface area contributed by atoms with Crippen molar-refractivity contribution in [3.63, 3.8) is 0 Å². The van der Waals surface area contributed by atoms with Gasteiger partial charge in [-0.25, -0.2) is 0 Å². The summed E-state index contributed by atoms with van der Waals surface area (Å²) in [5, 5.41) is 2.86. The Morgan fingerprint density at radius 3 is 2.91 bits per heavy atom. The van der Waals surface area contributed by atoms with Gasteiger partial charge in [0.2, 0.25) is 5.91 Å². The highest BCUT2D eigenvalue weighted by Gasteiger charge is 2.33. The predicted molar refractivity (Wildman–Crippen MR) is 83.0 cm³/mol. The van der Waals surface area contributed by atoms with Crippen molar-refractivity contribution in [2.24, 2.45) is 5.92 Å². The van der Waals surface area contributed by atoms with E-state index in [0.717, 1.165) is 5.56 Å². The number of hydrogen-bond acceptors (Lipinski definition) is 4. The van der Waals surface area contributed by atoms with E-state index in [2.05, 4.69) is 10.3 Å². The highest BCUT2D eigenvalue weighted by atomic mass is 32.2. The molecule has 0 saturated carbocycles. The standard InChI is InChI=1S/C14H22N4O3S/c1-17(2)22(20,21)18-8-4-6-13(11-18)14(19)16-10-12-5-3-7-15-9-12/h3,5,7,9,13H,4,6,8,10-11H2,1-2H3,(H,16,19)/t13-/m0/s1. The minimum atomic E-state index is -3.46. The van der Waals surface area contributed by atoms with Crippen LogP contribution in [-0.4, -0.2) is 55.1 Å². The Morgan fingerprint density at radius 2 is 2.27 bits per heavy atom. The molecule has 1 amide bonds. The van der Waals surface area contributed by atoms with Gasteiger partial charge >= 0.3 is 0 Å². The molecular formula is C14H22N4O3S. The van der Waals surface area contributed by atoms with Gasteiger partial charge in [0, 0.05) is 46.1 Å². The molecule has 7 nitrogen and oxygen atoms in total. The third-order valence-corrected chi connectivity index (χ3v) is 5.64. The molecule has 0 unspecified atom stereocenters. The highest BCUT2D eigenvalue weighted by molar-refractivity contribution is 7.86. The van der Waals surface area contributed by atoms with Crippen molar-refractivity contribution in [1.82, 2.24) is 18.9 Å². The topological polar surface area (TPSA) is 82.6 Å². The first-order chi connectivity index (χ1) is 10.4. The molecule has 1 aromatic heterocycles. The van der Waals surface area contributed by atoms with E-state index in [9.17, 15) is 13.2 Å². The molecule has 2 heterocycles. The molecule has 1 saturated heterocycles. The summed E-state index contributed by atoms with van der Waals surface area (Å²) in [4.78, 5) is 16.2. The maximum absolute atomic E-state index is 12.2. The van der Waals surface area contributed by atoms with Crippen LogP contribution < -0.4 is 5.32 Å². The molecule has 0 bridgehead atoms. The van der Waals surface area contributed by atoms with Crippen LogP contribution >= 0.6 is 0 Å². The largest absolute Gasteiger partial charge is 0.352 e. The van der Waals surface area contributed by atoms with Crippen molar-refractivity contribution < 1.29 is 13.2 Å². The minimum Gasteiger partial charge on any atom is -0.352 e. The monoisotopic (exact) mass is 326 g/mol. The van der Waals surface area contributed by atoms with E-state index in [-0.39, 0.29) is 18.4 Å². The van der Waals surface area contributed by atoms with Crippen LogP contribution in [0.3, 0.4) is 0 Å². The van der Waals surface area contributed by atoms with E-state index < -0.39 is 10.2 Å². The molecule has 22 heavy (non-hydrogen) atoms. The molecular weight excluding hydrogens is 304 g/mol. The Kier molecular flexibility index (Phi) is 5.49. The average Bonchev–Trinajstić information content (AvgIpc) is 2.53. The van der Waals surface area contributed by atoms with Crippen molar-refractivity contribution in [1.29, 1.82) is 0 Å². The summed E-state index contributed by atoms with van der Waals surface area (Å²) < 4.78 is 26.9. The van der Waals surface area contributed by atoms with E-state index >= 15 is 0 Å². The molecule has 2 rings (SSSR count). The molecule has 8 heteroatoms. The van der Waals surface area contributed by atoms with Crippen molar-refractivity contribution in [3.8, 4) is 0 Å². The van der Waals surface area contributed by atoms with Crippen LogP contribution in [0.2, 0.25) is 0 Å². The molecule has 1 N–H and O–H groups in total. The lowest BCUT2D eigenvalue weighted by molar-refractivity contribution is -0.126. The van der Waals surface area contributed by atoms with Gasteiger partial charge in [-0.3, -0.25) is 9.78 Å². The van der Waals surface area contributed by atoms with Crippen molar-refractivity contribution in [2.75, 3.05) is 27.2 Å². The summed E-state index contributed by atoms with van der Waals surface area (Å²) in [6.07, 6.45) is 4.77. The van der Waals surface area contributed by atoms with Crippen LogP contribution in [0.1, 0.15) is 18.4 Å². The number of amides is 1. The maximum atomic E-state index is 12.2. The second kappa shape index (κ2) is 7.17. The van der Waals surface area contributed by atoms with E-state index in [1.54, 1.807) is 12.4 Å². The normalized spacial score (nSPS) is 20.0. The highest BCUT2D eigenvalue weighted by Crippen LogP contribution is 2.20. The minimum absolute atomic E-state index is 0.109. The van der Waals surface area contributed by atoms with E-state index in [0.29, 0.717) is 25.9 Å². The molecule has 122 valence electrons. The third-order valence-electron chi connectivity index (χ3n) is 3.73. The number of aromatic nitrogens is 1. The third kappa shape index (κ3) is 4.02. The number of piperidine rings is 1. The zero-order valence-corrected chi connectivity index (χ0v) is 13.7. The van der Waals surface area contributed by atoms with Gasteiger partial charge in [-0.05, 0) is 24.5 Å². The fourth-order valence-corrected chi connectivity index (χ4v) is 3.62. The van der Waals surface area contributed by atoms with Gasteiger partial charge < -0.3 is 5.32 Å². The number of hydrogen-bond donors (Lipinski definition) is 1. The second-order valence-electron chi connectivity index (χ2n) is 5.57. The van der Waals surface area contributed by atoms with Gasteiger partial charge in [-0.15, -0.1) is 0 Å². The Hall–Kier alpha value is -1.51. The molecule has 0 radical (unpaired) electrons. The van der Waals surface area contributed by atoms with Gasteiger partial charge in [0.25, 0.3) is 10.2 Å². The van der Waals surface area contributed by atoms with Crippen molar-refractivity contribution in [2.45, 2.75) is 19.4 Å². The van der Waals surface area contributed by atoms with Crippen LogP contribution in [0.5, 0.6) is 0 Å². The number of pyridine rings is 1. The number of nitrogens with zero attached hydrogens (tertiary/aromatic N) is 3. The van der Waals surface area contributed by atoms with E-state index in [1.165, 1.54) is 22.7 Å². The van der Waals surface area contributed by atoms with Crippen LogP contribution in [0.15, 0.2) is 24.5 Å². The SMILES string of the molecule is CN(C)S(=O)(=O)N1CCC[C@H](C(=O)NCc2cccnc2)C1. The van der Waals surface area contributed by atoms with Gasteiger partial charge in [-0.1, -0.05) is 6.07 Å². The summed E-state index contributed by atoms with van der Waals surface area (Å²) >= 11 is 0. The fourth-order valence-electron chi connectivity index (χ4n) is 2.43. The number of nitrogens with one attached hydrogen (secondary N) is 1. The van der Waals surface area contributed by atoms with E-state index in [4.69, 9.17) is 0 Å². The zero-order valence-electron chi connectivity index (χ0n) is 12.9. The zero-order chi connectivity index (χ0) is 16.2. The fraction of sp³-hybridized carbons (Fsp3) is 0.571. The number of carbonyl (C=O) groups is 1. The summed E-state index contributed by atoms with van der Waals surface area (Å²) in [5.41, 5.74) is 0.921. The lowest BCUT2D eigenvalue weighted by Gasteiger charge is -2.32. The van der Waals surface area contributed by atoms with Gasteiger partial charge in [-0.2, -0.15) is 17.0 Å². The average molecular weight is 326 g/mol. The Balaban J connectivity index is 1.93. The molecule has 1 aliphatic rings. The Morgan fingerprint density at radius 1 is 1.50 bits per heavy atom. The van der Waals surface area contributed by atoms with Gasteiger partial charge in [0.1, 0.15) is 0 Å². The van der Waals surface area contributed by atoms with E-state index in [1.807, 2.05) is 12.1 Å². The Labute approximate surface area is 131 Å². The van der Waals surface area contributed by atoms with Crippen LogP contribution in [0.25, 0.3) is 0 Å². The van der Waals surface area contributed by atoms with Crippen LogP contribution in [-0.2, 0) is 21.5 Å². The molecule has 0 aromatic carbocycles. The second-order valence-corrected chi connectivity index (χ2v) is 7.71. The lowest BCUT2D eigenvalue weighted by atomic mass is 9.99. The Bertz CT molecular complexity index is 604. The lowest BCUT2D eigenvalue weighted by Crippen LogP contribution is -2.48.